The highest BCUT2D eigenvalue weighted by atomic mass is 16.5. The van der Waals surface area contributed by atoms with E-state index >= 15 is 0 Å². The quantitative estimate of drug-likeness (QED) is 0.623. The number of nitrogens with zero attached hydrogens (tertiary/aromatic N) is 1. The molecule has 0 unspecified atom stereocenters. The molecule has 0 aromatic rings. The average Bonchev–Trinajstić information content (AvgIpc) is 2.31. The van der Waals surface area contributed by atoms with Crippen LogP contribution in [-0.4, -0.2) is 64.1 Å². The molecule has 0 spiro atoms. The fraction of sp³-hybridized carbons (Fsp3) is 1.00. The summed E-state index contributed by atoms with van der Waals surface area (Å²) in [4.78, 5) is 2.51. The lowest BCUT2D eigenvalue weighted by Gasteiger charge is -2.31. The third-order valence-corrected chi connectivity index (χ3v) is 3.02. The van der Waals surface area contributed by atoms with Gasteiger partial charge in [-0.15, -0.1) is 0 Å². The smallest absolute Gasteiger partial charge is 0.0599 e. The lowest BCUT2D eigenvalue weighted by Crippen LogP contribution is -2.40. The Labute approximate surface area is 99.3 Å². The van der Waals surface area contributed by atoms with Crippen molar-refractivity contribution in [2.24, 2.45) is 0 Å². The zero-order valence-corrected chi connectivity index (χ0v) is 10.7. The van der Waals surface area contributed by atoms with E-state index < -0.39 is 0 Å². The number of nitrogens with one attached hydrogen (secondary N) is 1. The molecule has 0 aromatic heterocycles. The third-order valence-electron chi connectivity index (χ3n) is 3.02. The molecule has 1 N–H and O–H groups in total. The van der Waals surface area contributed by atoms with Crippen LogP contribution in [0.25, 0.3) is 0 Å². The standard InChI is InChI=1S/C12H26N2O2/c1-3-16-12-4-8-14(9-5-12)10-6-13-7-11-15-2/h12-13H,3-11H2,1-2H3. The van der Waals surface area contributed by atoms with Crippen molar-refractivity contribution in [3.8, 4) is 0 Å². The van der Waals surface area contributed by atoms with Crippen LogP contribution in [0.2, 0.25) is 0 Å². The van der Waals surface area contributed by atoms with Crippen molar-refractivity contribution in [2.75, 3.05) is 53.0 Å². The van der Waals surface area contributed by atoms with Gasteiger partial charge in [-0.2, -0.15) is 0 Å². The zero-order valence-electron chi connectivity index (χ0n) is 10.7. The van der Waals surface area contributed by atoms with Crippen LogP contribution in [0.4, 0.5) is 0 Å². The summed E-state index contributed by atoms with van der Waals surface area (Å²) in [7, 11) is 1.74. The number of hydrogen-bond donors (Lipinski definition) is 1. The fourth-order valence-electron chi connectivity index (χ4n) is 2.07. The summed E-state index contributed by atoms with van der Waals surface area (Å²) in [6.45, 7) is 9.23. The molecule has 0 radical (unpaired) electrons. The number of piperidine rings is 1. The minimum absolute atomic E-state index is 0.503. The average molecular weight is 230 g/mol. The molecule has 1 saturated heterocycles. The summed E-state index contributed by atoms with van der Waals surface area (Å²) in [5, 5.41) is 3.37. The van der Waals surface area contributed by atoms with Crippen LogP contribution >= 0.6 is 0 Å². The zero-order chi connectivity index (χ0) is 11.6. The molecule has 96 valence electrons. The van der Waals surface area contributed by atoms with Gasteiger partial charge in [-0.3, -0.25) is 0 Å². The normalized spacial score (nSPS) is 19.1. The topological polar surface area (TPSA) is 33.7 Å². The van der Waals surface area contributed by atoms with E-state index in [-0.39, 0.29) is 0 Å². The van der Waals surface area contributed by atoms with Gasteiger partial charge in [-0.05, 0) is 19.8 Å². The van der Waals surface area contributed by atoms with E-state index in [0.29, 0.717) is 6.10 Å². The van der Waals surface area contributed by atoms with Gasteiger partial charge in [0.25, 0.3) is 0 Å². The molecule has 1 heterocycles. The Balaban J connectivity index is 1.95. The second kappa shape index (κ2) is 8.93. The van der Waals surface area contributed by atoms with Crippen molar-refractivity contribution in [3.63, 3.8) is 0 Å². The number of hydrogen-bond acceptors (Lipinski definition) is 4. The summed E-state index contributed by atoms with van der Waals surface area (Å²) in [5.74, 6) is 0. The summed E-state index contributed by atoms with van der Waals surface area (Å²) in [6, 6.07) is 0. The molecule has 0 saturated carbocycles. The van der Waals surface area contributed by atoms with Crippen molar-refractivity contribution in [1.82, 2.24) is 10.2 Å². The highest BCUT2D eigenvalue weighted by molar-refractivity contribution is 4.72. The van der Waals surface area contributed by atoms with Crippen LogP contribution in [0, 0.1) is 0 Å². The Bertz CT molecular complexity index is 159. The monoisotopic (exact) mass is 230 g/mol. The van der Waals surface area contributed by atoms with E-state index in [0.717, 1.165) is 32.8 Å². The van der Waals surface area contributed by atoms with Crippen LogP contribution in [0.5, 0.6) is 0 Å². The van der Waals surface area contributed by atoms with Crippen LogP contribution < -0.4 is 5.32 Å². The van der Waals surface area contributed by atoms with Gasteiger partial charge < -0.3 is 19.7 Å². The Morgan fingerprint density at radius 3 is 2.62 bits per heavy atom. The van der Waals surface area contributed by atoms with Gasteiger partial charge >= 0.3 is 0 Å². The minimum Gasteiger partial charge on any atom is -0.383 e. The van der Waals surface area contributed by atoms with Gasteiger partial charge in [0, 0.05) is 46.4 Å². The molecule has 1 rings (SSSR count). The Morgan fingerprint density at radius 2 is 2.00 bits per heavy atom. The first-order valence-corrected chi connectivity index (χ1v) is 6.40. The minimum atomic E-state index is 0.503. The van der Waals surface area contributed by atoms with Crippen LogP contribution in [0.1, 0.15) is 19.8 Å². The number of ether oxygens (including phenoxy) is 2. The number of likely N-dealkylation sites (tertiary alicyclic amines) is 1. The Hall–Kier alpha value is -0.160. The van der Waals surface area contributed by atoms with Gasteiger partial charge in [0.2, 0.25) is 0 Å². The van der Waals surface area contributed by atoms with Crippen molar-refractivity contribution in [3.05, 3.63) is 0 Å². The molecule has 1 aliphatic rings. The molecule has 0 aliphatic carbocycles. The van der Waals surface area contributed by atoms with Gasteiger partial charge in [0.1, 0.15) is 0 Å². The van der Waals surface area contributed by atoms with E-state index in [4.69, 9.17) is 9.47 Å². The third kappa shape index (κ3) is 5.80. The number of rotatable bonds is 8. The van der Waals surface area contributed by atoms with E-state index in [2.05, 4.69) is 17.1 Å². The predicted octanol–water partition coefficient (Wildman–Crippen LogP) is 0.723. The van der Waals surface area contributed by atoms with Gasteiger partial charge in [0.05, 0.1) is 12.7 Å². The maximum absolute atomic E-state index is 5.63. The lowest BCUT2D eigenvalue weighted by molar-refractivity contribution is 0.0145. The molecule has 0 aromatic carbocycles. The second-order valence-electron chi connectivity index (χ2n) is 4.24. The summed E-state index contributed by atoms with van der Waals surface area (Å²) in [5.41, 5.74) is 0. The van der Waals surface area contributed by atoms with Crippen molar-refractivity contribution in [1.29, 1.82) is 0 Å². The molecule has 16 heavy (non-hydrogen) atoms. The molecule has 1 fully saturated rings. The maximum Gasteiger partial charge on any atom is 0.0599 e. The molecular weight excluding hydrogens is 204 g/mol. The first kappa shape index (κ1) is 13.9. The molecule has 0 bridgehead atoms. The predicted molar refractivity (Wildman–Crippen MR) is 65.8 cm³/mol. The van der Waals surface area contributed by atoms with Crippen molar-refractivity contribution < 1.29 is 9.47 Å². The lowest BCUT2D eigenvalue weighted by atomic mass is 10.1. The van der Waals surface area contributed by atoms with E-state index in [9.17, 15) is 0 Å². The van der Waals surface area contributed by atoms with Gasteiger partial charge in [-0.25, -0.2) is 0 Å². The summed E-state index contributed by atoms with van der Waals surface area (Å²) >= 11 is 0. The van der Waals surface area contributed by atoms with E-state index in [1.807, 2.05) is 0 Å². The highest BCUT2D eigenvalue weighted by Gasteiger charge is 2.18. The highest BCUT2D eigenvalue weighted by Crippen LogP contribution is 2.12. The Morgan fingerprint density at radius 1 is 1.25 bits per heavy atom. The second-order valence-corrected chi connectivity index (χ2v) is 4.24. The van der Waals surface area contributed by atoms with Crippen molar-refractivity contribution in [2.45, 2.75) is 25.9 Å². The molecule has 0 atom stereocenters. The van der Waals surface area contributed by atoms with Crippen LogP contribution in [0.3, 0.4) is 0 Å². The summed E-state index contributed by atoms with van der Waals surface area (Å²) in [6.07, 6.45) is 2.88. The largest absolute Gasteiger partial charge is 0.383 e. The van der Waals surface area contributed by atoms with E-state index in [1.165, 1.54) is 25.9 Å². The summed E-state index contributed by atoms with van der Waals surface area (Å²) < 4.78 is 10.6. The first-order chi connectivity index (χ1) is 7.86. The molecule has 4 heteroatoms. The van der Waals surface area contributed by atoms with Gasteiger partial charge in [-0.1, -0.05) is 0 Å². The SMILES string of the molecule is CCOC1CCN(CCNCCOC)CC1. The van der Waals surface area contributed by atoms with Crippen LogP contribution in [-0.2, 0) is 9.47 Å². The van der Waals surface area contributed by atoms with Gasteiger partial charge in [0.15, 0.2) is 0 Å². The molecule has 1 aliphatic heterocycles. The van der Waals surface area contributed by atoms with Crippen LogP contribution in [0.15, 0.2) is 0 Å². The Kier molecular flexibility index (Phi) is 7.76. The molecule has 0 amide bonds. The molecule has 4 nitrogen and oxygen atoms in total. The fourth-order valence-corrected chi connectivity index (χ4v) is 2.07. The van der Waals surface area contributed by atoms with E-state index in [1.54, 1.807) is 7.11 Å². The molecular formula is C12H26N2O2. The number of methoxy groups -OCH3 is 1. The first-order valence-electron chi connectivity index (χ1n) is 6.40. The van der Waals surface area contributed by atoms with Crippen molar-refractivity contribution >= 4 is 0 Å². The maximum atomic E-state index is 5.63.